The third-order valence-electron chi connectivity index (χ3n) is 3.83. The molecule has 0 aliphatic rings. The van der Waals surface area contributed by atoms with E-state index < -0.39 is 0 Å². The maximum Gasteiger partial charge on any atom is 0.192 e. The number of Topliss-reactive ketones (excluding diaryl/α,β-unsaturated/α-hetero) is 1. The van der Waals surface area contributed by atoms with Crippen molar-refractivity contribution in [3.8, 4) is 32.5 Å². The normalized spacial score (nSPS) is 10.8. The van der Waals surface area contributed by atoms with Crippen LogP contribution in [0.15, 0.2) is 53.4 Å². The number of ketones is 1. The van der Waals surface area contributed by atoms with Crippen LogP contribution in [-0.2, 0) is 0 Å². The van der Waals surface area contributed by atoms with E-state index in [1.807, 2.05) is 48.0 Å². The van der Waals surface area contributed by atoms with Crippen molar-refractivity contribution >= 4 is 28.5 Å². The van der Waals surface area contributed by atoms with Crippen LogP contribution in [0.25, 0.3) is 32.5 Å². The molecule has 0 atom stereocenters. The lowest BCUT2D eigenvalue weighted by Gasteiger charge is -2.09. The van der Waals surface area contributed by atoms with Crippen molar-refractivity contribution < 1.29 is 4.79 Å². The minimum atomic E-state index is 0.0226. The Morgan fingerprint density at radius 3 is 2.46 bits per heavy atom. The molecule has 4 aromatic rings. The van der Waals surface area contributed by atoms with E-state index in [4.69, 9.17) is 0 Å². The van der Waals surface area contributed by atoms with Gasteiger partial charge >= 0.3 is 0 Å². The summed E-state index contributed by atoms with van der Waals surface area (Å²) in [6.45, 7) is 1.84. The number of thiophene rings is 2. The summed E-state index contributed by atoms with van der Waals surface area (Å²) in [5.41, 5.74) is 2.75. The average molecular weight is 378 g/mol. The summed E-state index contributed by atoms with van der Waals surface area (Å²) in [5, 5.41) is 12.2. The molecule has 0 N–H and O–H groups in total. The van der Waals surface area contributed by atoms with Crippen LogP contribution in [0.5, 0.6) is 0 Å². The Hall–Kier alpha value is -2.77. The number of carbonyl (C=O) groups is 1. The molecule has 0 spiro atoms. The van der Waals surface area contributed by atoms with Gasteiger partial charge < -0.3 is 0 Å². The Labute approximate surface area is 158 Å². The van der Waals surface area contributed by atoms with Gasteiger partial charge in [0.2, 0.25) is 0 Å². The van der Waals surface area contributed by atoms with E-state index in [-0.39, 0.29) is 5.78 Å². The zero-order valence-electron chi connectivity index (χ0n) is 13.9. The Morgan fingerprint density at radius 2 is 1.77 bits per heavy atom. The fourth-order valence-electron chi connectivity index (χ4n) is 2.55. The van der Waals surface area contributed by atoms with Crippen molar-refractivity contribution in [2.75, 3.05) is 0 Å². The van der Waals surface area contributed by atoms with E-state index in [0.29, 0.717) is 23.6 Å². The molecule has 4 aromatic heterocycles. The lowest BCUT2D eigenvalue weighted by Crippen LogP contribution is -2.03. The smallest absolute Gasteiger partial charge is 0.192 e. The number of pyridine rings is 1. The van der Waals surface area contributed by atoms with Crippen molar-refractivity contribution in [2.45, 2.75) is 13.3 Å². The van der Waals surface area contributed by atoms with E-state index >= 15 is 0 Å². The molecule has 26 heavy (non-hydrogen) atoms. The molecule has 0 bridgehead atoms. The quantitative estimate of drug-likeness (QED) is 0.458. The molecule has 0 fully saturated rings. The predicted molar refractivity (Wildman–Crippen MR) is 104 cm³/mol. The van der Waals surface area contributed by atoms with E-state index in [2.05, 4.69) is 20.2 Å². The molecular weight excluding hydrogens is 364 g/mol. The van der Waals surface area contributed by atoms with Gasteiger partial charge in [0.15, 0.2) is 11.6 Å². The standard InChI is InChI=1S/C19H14N4OS2/c1-2-15(24)13-8-7-12(18(21-13)16-5-3-9-25-16)14-11-20-23-19(22-14)17-6-4-10-26-17/h3-11H,2H2,1H3. The molecule has 0 amide bonds. The number of nitrogens with zero attached hydrogens (tertiary/aromatic N) is 4. The van der Waals surface area contributed by atoms with E-state index in [1.165, 1.54) is 0 Å². The van der Waals surface area contributed by atoms with Crippen LogP contribution in [0.3, 0.4) is 0 Å². The first kappa shape index (κ1) is 16.7. The van der Waals surface area contributed by atoms with E-state index in [9.17, 15) is 4.79 Å². The molecule has 0 saturated carbocycles. The maximum absolute atomic E-state index is 12.1. The highest BCUT2D eigenvalue weighted by Gasteiger charge is 2.16. The van der Waals surface area contributed by atoms with Gasteiger partial charge in [-0.25, -0.2) is 9.97 Å². The van der Waals surface area contributed by atoms with E-state index in [0.717, 1.165) is 21.0 Å². The maximum atomic E-state index is 12.1. The first-order valence-electron chi connectivity index (χ1n) is 8.08. The second-order valence-corrected chi connectivity index (χ2v) is 7.38. The molecule has 0 radical (unpaired) electrons. The van der Waals surface area contributed by atoms with Crippen LogP contribution < -0.4 is 0 Å². The van der Waals surface area contributed by atoms with Crippen molar-refractivity contribution in [1.29, 1.82) is 0 Å². The minimum absolute atomic E-state index is 0.0226. The third-order valence-corrected chi connectivity index (χ3v) is 5.58. The summed E-state index contributed by atoms with van der Waals surface area (Å²) in [6.07, 6.45) is 2.06. The van der Waals surface area contributed by atoms with Crippen molar-refractivity contribution in [3.05, 3.63) is 59.0 Å². The summed E-state index contributed by atoms with van der Waals surface area (Å²) in [6, 6.07) is 11.5. The summed E-state index contributed by atoms with van der Waals surface area (Å²) in [4.78, 5) is 23.3. The van der Waals surface area contributed by atoms with Crippen molar-refractivity contribution in [1.82, 2.24) is 20.2 Å². The zero-order valence-corrected chi connectivity index (χ0v) is 15.5. The third kappa shape index (κ3) is 3.18. The fourth-order valence-corrected chi connectivity index (χ4v) is 3.93. The first-order valence-corrected chi connectivity index (χ1v) is 9.84. The monoisotopic (exact) mass is 378 g/mol. The molecular formula is C19H14N4OS2. The van der Waals surface area contributed by atoms with Gasteiger partial charge in [-0.15, -0.1) is 27.8 Å². The first-order chi connectivity index (χ1) is 12.8. The zero-order chi connectivity index (χ0) is 17.9. The number of hydrogen-bond donors (Lipinski definition) is 0. The van der Waals surface area contributed by atoms with Crippen molar-refractivity contribution in [3.63, 3.8) is 0 Å². The van der Waals surface area contributed by atoms with Gasteiger partial charge in [-0.3, -0.25) is 4.79 Å². The lowest BCUT2D eigenvalue weighted by atomic mass is 10.1. The molecule has 0 saturated heterocycles. The van der Waals surface area contributed by atoms with Gasteiger partial charge in [0, 0.05) is 12.0 Å². The van der Waals surface area contributed by atoms with Gasteiger partial charge in [-0.2, -0.15) is 5.10 Å². The molecule has 5 nitrogen and oxygen atoms in total. The highest BCUT2D eigenvalue weighted by molar-refractivity contribution is 7.13. The fraction of sp³-hybridized carbons (Fsp3) is 0.105. The van der Waals surface area contributed by atoms with Crippen LogP contribution >= 0.6 is 22.7 Å². The number of rotatable bonds is 5. The van der Waals surface area contributed by atoms with Gasteiger partial charge in [-0.1, -0.05) is 19.1 Å². The SMILES string of the molecule is CCC(=O)c1ccc(-c2cnnc(-c3cccs3)n2)c(-c2cccs2)n1. The summed E-state index contributed by atoms with van der Waals surface area (Å²) < 4.78 is 0. The molecule has 4 heterocycles. The summed E-state index contributed by atoms with van der Waals surface area (Å²) in [5.74, 6) is 0.609. The summed E-state index contributed by atoms with van der Waals surface area (Å²) >= 11 is 3.15. The van der Waals surface area contributed by atoms with Gasteiger partial charge in [0.25, 0.3) is 0 Å². The van der Waals surface area contributed by atoms with E-state index in [1.54, 1.807) is 34.9 Å². The highest BCUT2D eigenvalue weighted by atomic mass is 32.1. The Morgan fingerprint density at radius 1 is 1.00 bits per heavy atom. The summed E-state index contributed by atoms with van der Waals surface area (Å²) in [7, 11) is 0. The Balaban J connectivity index is 1.86. The molecule has 0 unspecified atom stereocenters. The second kappa shape index (κ2) is 7.23. The van der Waals surface area contributed by atoms with Crippen LogP contribution in [-0.4, -0.2) is 25.9 Å². The predicted octanol–water partition coefficient (Wildman–Crippen LogP) is 4.98. The number of hydrogen-bond acceptors (Lipinski definition) is 7. The molecule has 7 heteroatoms. The minimum Gasteiger partial charge on any atom is -0.292 e. The highest BCUT2D eigenvalue weighted by Crippen LogP contribution is 2.33. The van der Waals surface area contributed by atoms with Crippen LogP contribution in [0.2, 0.25) is 0 Å². The van der Waals surface area contributed by atoms with Crippen molar-refractivity contribution in [2.24, 2.45) is 0 Å². The molecule has 0 aliphatic heterocycles. The van der Waals surface area contributed by atoms with Crippen LogP contribution in [0, 0.1) is 0 Å². The Bertz CT molecular complexity index is 1040. The second-order valence-electron chi connectivity index (χ2n) is 5.49. The Kier molecular flexibility index (Phi) is 4.64. The largest absolute Gasteiger partial charge is 0.292 e. The number of aromatic nitrogens is 4. The van der Waals surface area contributed by atoms with Gasteiger partial charge in [0.1, 0.15) is 5.69 Å². The van der Waals surface area contributed by atoms with Gasteiger partial charge in [-0.05, 0) is 35.0 Å². The molecule has 0 aliphatic carbocycles. The molecule has 0 aromatic carbocycles. The molecule has 4 rings (SSSR count). The van der Waals surface area contributed by atoms with Gasteiger partial charge in [0.05, 0.1) is 27.3 Å². The topological polar surface area (TPSA) is 68.6 Å². The average Bonchev–Trinajstić information content (AvgIpc) is 3.41. The molecule has 128 valence electrons. The lowest BCUT2D eigenvalue weighted by molar-refractivity contribution is 0.0983. The van der Waals surface area contributed by atoms with Crippen LogP contribution in [0.1, 0.15) is 23.8 Å². The van der Waals surface area contributed by atoms with Crippen LogP contribution in [0.4, 0.5) is 0 Å². The number of carbonyl (C=O) groups excluding carboxylic acids is 1.